The molecule has 1 aliphatic heterocycles. The average Bonchev–Trinajstić information content (AvgIpc) is 2.78. The predicted octanol–water partition coefficient (Wildman–Crippen LogP) is 4.21. The molecule has 1 heterocycles. The minimum atomic E-state index is -3.75. The van der Waals surface area contributed by atoms with Gasteiger partial charge in [-0.05, 0) is 36.4 Å². The number of nitrogens with zero attached hydrogens (tertiary/aromatic N) is 1. The number of nitrogens with one attached hydrogen (secondary N) is 1. The number of anilines is 2. The fourth-order valence-corrected chi connectivity index (χ4v) is 5.09. The van der Waals surface area contributed by atoms with E-state index in [4.69, 9.17) is 34.8 Å². The van der Waals surface area contributed by atoms with Gasteiger partial charge in [-0.25, -0.2) is 12.7 Å². The van der Waals surface area contributed by atoms with E-state index in [9.17, 15) is 18.0 Å². The highest BCUT2D eigenvalue weighted by atomic mass is 35.5. The van der Waals surface area contributed by atoms with Crippen molar-refractivity contribution in [1.29, 1.82) is 0 Å². The van der Waals surface area contributed by atoms with Crippen molar-refractivity contribution in [2.24, 2.45) is 5.92 Å². The Morgan fingerprint density at radius 1 is 1.11 bits per heavy atom. The summed E-state index contributed by atoms with van der Waals surface area (Å²) in [6.07, 6.45) is 0. The molecule has 2 aromatic carbocycles. The van der Waals surface area contributed by atoms with Crippen LogP contribution >= 0.6 is 34.8 Å². The maximum atomic E-state index is 12.5. The quantitative estimate of drug-likeness (QED) is 0.764. The molecule has 0 saturated carbocycles. The Balaban J connectivity index is 1.90. The van der Waals surface area contributed by atoms with Crippen LogP contribution in [0.2, 0.25) is 15.1 Å². The van der Waals surface area contributed by atoms with Crippen molar-refractivity contribution in [3.8, 4) is 0 Å². The number of rotatable bonds is 3. The molecule has 3 rings (SSSR count). The molecule has 1 N–H and O–H groups in total. The second-order valence-corrected chi connectivity index (χ2v) is 9.14. The van der Waals surface area contributed by atoms with Crippen molar-refractivity contribution in [2.45, 2.75) is 6.92 Å². The number of sulfonamides is 1. The van der Waals surface area contributed by atoms with Gasteiger partial charge in [-0.2, -0.15) is 0 Å². The van der Waals surface area contributed by atoms with Crippen LogP contribution in [0.25, 0.3) is 0 Å². The Morgan fingerprint density at radius 2 is 1.81 bits per heavy atom. The van der Waals surface area contributed by atoms with Crippen LogP contribution < -0.4 is 9.62 Å². The molecule has 1 saturated heterocycles. The third-order valence-corrected chi connectivity index (χ3v) is 6.71. The summed E-state index contributed by atoms with van der Waals surface area (Å²) in [6.45, 7) is 1.54. The molecule has 2 aromatic rings. The van der Waals surface area contributed by atoms with Crippen molar-refractivity contribution >= 4 is 68.0 Å². The minimum absolute atomic E-state index is 0.00861. The molecule has 0 spiro atoms. The Morgan fingerprint density at radius 3 is 2.41 bits per heavy atom. The van der Waals surface area contributed by atoms with Crippen molar-refractivity contribution in [3.05, 3.63) is 57.0 Å². The predicted molar refractivity (Wildman–Crippen MR) is 106 cm³/mol. The van der Waals surface area contributed by atoms with Gasteiger partial charge in [-0.3, -0.25) is 9.59 Å². The molecule has 0 aromatic heterocycles. The zero-order chi connectivity index (χ0) is 19.9. The zero-order valence-corrected chi connectivity index (χ0v) is 17.0. The standard InChI is InChI=1S/C17H13Cl3N2O4S/c1-9-8-27(25,26)22(17(9)24)11-3-4-12(14(20)7-11)16(23)21-15-6-10(18)2-5-13(15)19/h2-7,9H,8H2,1H3,(H,21,23). The molecule has 1 unspecified atom stereocenters. The molecular formula is C17H13Cl3N2O4S. The van der Waals surface area contributed by atoms with Crippen molar-refractivity contribution < 1.29 is 18.0 Å². The first-order valence-corrected chi connectivity index (χ1v) is 10.5. The highest BCUT2D eigenvalue weighted by Gasteiger charge is 2.42. The summed E-state index contributed by atoms with van der Waals surface area (Å²) in [7, 11) is -3.75. The van der Waals surface area contributed by atoms with Gasteiger partial charge in [0.05, 0.1) is 38.7 Å². The first kappa shape index (κ1) is 19.9. The molecule has 0 bridgehead atoms. The molecular weight excluding hydrogens is 435 g/mol. The Bertz CT molecular complexity index is 1060. The lowest BCUT2D eigenvalue weighted by atomic mass is 10.1. The Kier molecular flexibility index (Phi) is 5.40. The van der Waals surface area contributed by atoms with Gasteiger partial charge in [0.1, 0.15) is 0 Å². The zero-order valence-electron chi connectivity index (χ0n) is 13.9. The number of hydrogen-bond acceptors (Lipinski definition) is 4. The summed E-state index contributed by atoms with van der Waals surface area (Å²) in [6, 6.07) is 8.57. The molecule has 0 radical (unpaired) electrons. The molecule has 27 heavy (non-hydrogen) atoms. The van der Waals surface area contributed by atoms with E-state index < -0.39 is 27.8 Å². The summed E-state index contributed by atoms with van der Waals surface area (Å²) in [5.41, 5.74) is 0.487. The maximum absolute atomic E-state index is 12.5. The first-order valence-electron chi connectivity index (χ1n) is 7.73. The fraction of sp³-hybridized carbons (Fsp3) is 0.176. The smallest absolute Gasteiger partial charge is 0.257 e. The molecule has 0 aliphatic carbocycles. The topological polar surface area (TPSA) is 83.6 Å². The lowest BCUT2D eigenvalue weighted by Crippen LogP contribution is -2.30. The van der Waals surface area contributed by atoms with E-state index >= 15 is 0 Å². The van der Waals surface area contributed by atoms with Gasteiger partial charge in [0.15, 0.2) is 0 Å². The van der Waals surface area contributed by atoms with E-state index in [1.807, 2.05) is 0 Å². The number of hydrogen-bond donors (Lipinski definition) is 1. The Hall–Kier alpha value is -1.80. The van der Waals surface area contributed by atoms with Gasteiger partial charge >= 0.3 is 0 Å². The average molecular weight is 448 g/mol. The van der Waals surface area contributed by atoms with Crippen LogP contribution in [0.5, 0.6) is 0 Å². The van der Waals surface area contributed by atoms with Crippen LogP contribution in [0.4, 0.5) is 11.4 Å². The van der Waals surface area contributed by atoms with E-state index in [0.29, 0.717) is 15.7 Å². The van der Waals surface area contributed by atoms with E-state index in [-0.39, 0.29) is 22.0 Å². The molecule has 1 fully saturated rings. The summed E-state index contributed by atoms with van der Waals surface area (Å²) in [4.78, 5) is 24.6. The highest BCUT2D eigenvalue weighted by molar-refractivity contribution is 7.94. The van der Waals surface area contributed by atoms with Gasteiger partial charge in [0.2, 0.25) is 15.9 Å². The van der Waals surface area contributed by atoms with Crippen LogP contribution in [-0.4, -0.2) is 26.0 Å². The van der Waals surface area contributed by atoms with Crippen molar-refractivity contribution in [3.63, 3.8) is 0 Å². The highest BCUT2D eigenvalue weighted by Crippen LogP contribution is 2.32. The van der Waals surface area contributed by atoms with Gasteiger partial charge in [-0.15, -0.1) is 0 Å². The van der Waals surface area contributed by atoms with Gasteiger partial charge in [0, 0.05) is 5.02 Å². The normalized spacial score (nSPS) is 18.6. The van der Waals surface area contributed by atoms with E-state index in [2.05, 4.69) is 5.32 Å². The third kappa shape index (κ3) is 3.91. The summed E-state index contributed by atoms with van der Waals surface area (Å²) >= 11 is 18.1. The van der Waals surface area contributed by atoms with Gasteiger partial charge in [0.25, 0.3) is 5.91 Å². The number of benzene rings is 2. The van der Waals surface area contributed by atoms with Crippen molar-refractivity contribution in [1.82, 2.24) is 0 Å². The minimum Gasteiger partial charge on any atom is -0.321 e. The van der Waals surface area contributed by atoms with E-state index in [1.165, 1.54) is 37.3 Å². The molecule has 1 aliphatic rings. The maximum Gasteiger partial charge on any atom is 0.257 e. The van der Waals surface area contributed by atoms with E-state index in [0.717, 1.165) is 4.31 Å². The number of halogens is 3. The van der Waals surface area contributed by atoms with Crippen LogP contribution in [0, 0.1) is 5.92 Å². The van der Waals surface area contributed by atoms with Crippen LogP contribution in [-0.2, 0) is 14.8 Å². The molecule has 1 atom stereocenters. The SMILES string of the molecule is CC1CS(=O)(=O)N(c2ccc(C(=O)Nc3cc(Cl)ccc3Cl)c(Cl)c2)C1=O. The van der Waals surface area contributed by atoms with Crippen LogP contribution in [0.3, 0.4) is 0 Å². The number of amides is 2. The fourth-order valence-electron chi connectivity index (χ4n) is 2.68. The lowest BCUT2D eigenvalue weighted by molar-refractivity contribution is -0.119. The lowest BCUT2D eigenvalue weighted by Gasteiger charge is -2.16. The monoisotopic (exact) mass is 446 g/mol. The summed E-state index contributed by atoms with van der Waals surface area (Å²) in [5, 5.41) is 3.27. The second-order valence-electron chi connectivity index (χ2n) is 6.02. The van der Waals surface area contributed by atoms with Gasteiger partial charge < -0.3 is 5.32 Å². The Labute approximate surface area is 171 Å². The van der Waals surface area contributed by atoms with Gasteiger partial charge in [-0.1, -0.05) is 41.7 Å². The van der Waals surface area contributed by atoms with Crippen LogP contribution in [0.15, 0.2) is 36.4 Å². The van der Waals surface area contributed by atoms with Crippen molar-refractivity contribution in [2.75, 3.05) is 15.4 Å². The van der Waals surface area contributed by atoms with E-state index in [1.54, 1.807) is 6.07 Å². The summed E-state index contributed by atoms with van der Waals surface area (Å²) < 4.78 is 25.1. The molecule has 10 heteroatoms. The molecule has 2 amide bonds. The number of carbonyl (C=O) groups excluding carboxylic acids is 2. The number of carbonyl (C=O) groups is 2. The van der Waals surface area contributed by atoms with Crippen LogP contribution in [0.1, 0.15) is 17.3 Å². The second kappa shape index (κ2) is 7.31. The summed E-state index contributed by atoms with van der Waals surface area (Å²) in [5.74, 6) is -1.99. The molecule has 6 nitrogen and oxygen atoms in total. The first-order chi connectivity index (χ1) is 12.6. The third-order valence-electron chi connectivity index (χ3n) is 3.97. The largest absolute Gasteiger partial charge is 0.321 e. The molecule has 142 valence electrons.